The Labute approximate surface area is 223 Å². The van der Waals surface area contributed by atoms with Crippen LogP contribution >= 0.6 is 34.4 Å². The largest absolute Gasteiger partial charge is 0.497 e. The molecule has 3 aromatic rings. The molecule has 1 aliphatic rings. The van der Waals surface area contributed by atoms with Crippen LogP contribution in [0, 0.1) is 3.57 Å². The summed E-state index contributed by atoms with van der Waals surface area (Å²) in [5.41, 5.74) is 2.64. The summed E-state index contributed by atoms with van der Waals surface area (Å²) in [7, 11) is 3.25. The summed E-state index contributed by atoms with van der Waals surface area (Å²) in [5.74, 6) is 2.02. The van der Waals surface area contributed by atoms with Crippen LogP contribution in [0.2, 0.25) is 0 Å². The van der Waals surface area contributed by atoms with Crippen molar-refractivity contribution in [1.82, 2.24) is 4.90 Å². The van der Waals surface area contributed by atoms with Crippen molar-refractivity contribution in [3.8, 4) is 17.2 Å². The van der Waals surface area contributed by atoms with E-state index in [1.807, 2.05) is 79.7 Å². The van der Waals surface area contributed by atoms with E-state index in [2.05, 4.69) is 22.6 Å². The highest BCUT2D eigenvalue weighted by Gasteiger charge is 2.33. The summed E-state index contributed by atoms with van der Waals surface area (Å²) in [6.45, 7) is 2.88. The molecule has 8 heteroatoms. The van der Waals surface area contributed by atoms with Gasteiger partial charge in [-0.05, 0) is 94.9 Å². The number of benzene rings is 3. The van der Waals surface area contributed by atoms with Crippen molar-refractivity contribution in [2.45, 2.75) is 13.5 Å². The Bertz CT molecular complexity index is 1260. The van der Waals surface area contributed by atoms with Crippen LogP contribution in [0.25, 0.3) is 6.08 Å². The molecule has 1 saturated heterocycles. The molecule has 0 aromatic heterocycles. The van der Waals surface area contributed by atoms with Gasteiger partial charge in [0.2, 0.25) is 0 Å². The fourth-order valence-electron chi connectivity index (χ4n) is 3.52. The fraction of sp³-hybridized carbons (Fsp3) is 0.185. The molecule has 0 spiro atoms. The topological polar surface area (TPSA) is 60.4 Å². The molecule has 3 aromatic carbocycles. The first-order chi connectivity index (χ1) is 17.0. The van der Waals surface area contributed by atoms with Gasteiger partial charge in [0.25, 0.3) is 5.91 Å². The highest BCUT2D eigenvalue weighted by Crippen LogP contribution is 2.38. The van der Waals surface area contributed by atoms with E-state index in [-0.39, 0.29) is 5.91 Å². The number of nitrogens with zero attached hydrogens (tertiary/aromatic N) is 2. The third-order valence-corrected chi connectivity index (χ3v) is 7.01. The van der Waals surface area contributed by atoms with E-state index in [1.54, 1.807) is 19.1 Å². The Morgan fingerprint density at radius 2 is 1.77 bits per heavy atom. The fourth-order valence-corrected chi connectivity index (χ4v) is 5.30. The summed E-state index contributed by atoms with van der Waals surface area (Å²) < 4.78 is 17.4. The Morgan fingerprint density at radius 3 is 2.43 bits per heavy atom. The second-order valence-corrected chi connectivity index (χ2v) is 9.72. The minimum Gasteiger partial charge on any atom is -0.497 e. The van der Waals surface area contributed by atoms with Crippen molar-refractivity contribution in [2.24, 2.45) is 4.99 Å². The highest BCUT2D eigenvalue weighted by atomic mass is 127. The van der Waals surface area contributed by atoms with Gasteiger partial charge in [-0.3, -0.25) is 9.69 Å². The van der Waals surface area contributed by atoms with Crippen molar-refractivity contribution in [1.29, 1.82) is 0 Å². The quantitative estimate of drug-likeness (QED) is 0.218. The second-order valence-electron chi connectivity index (χ2n) is 7.55. The Hall–Kier alpha value is -2.98. The maximum absolute atomic E-state index is 13.5. The van der Waals surface area contributed by atoms with Gasteiger partial charge in [0.1, 0.15) is 5.75 Å². The van der Waals surface area contributed by atoms with Crippen molar-refractivity contribution < 1.29 is 19.0 Å². The van der Waals surface area contributed by atoms with Gasteiger partial charge in [0.15, 0.2) is 16.7 Å². The summed E-state index contributed by atoms with van der Waals surface area (Å²) in [4.78, 5) is 20.6. The average Bonchev–Trinajstić information content (AvgIpc) is 3.15. The molecule has 0 saturated carbocycles. The van der Waals surface area contributed by atoms with Crippen LogP contribution in [0.15, 0.2) is 76.6 Å². The van der Waals surface area contributed by atoms with Crippen LogP contribution in [0.4, 0.5) is 5.69 Å². The molecule has 4 rings (SSSR count). The van der Waals surface area contributed by atoms with Gasteiger partial charge in [-0.25, -0.2) is 4.99 Å². The third-order valence-electron chi connectivity index (χ3n) is 5.21. The van der Waals surface area contributed by atoms with Crippen molar-refractivity contribution in [2.75, 3.05) is 20.8 Å². The van der Waals surface area contributed by atoms with Gasteiger partial charge < -0.3 is 14.2 Å². The van der Waals surface area contributed by atoms with E-state index < -0.39 is 0 Å². The lowest BCUT2D eigenvalue weighted by Gasteiger charge is -2.16. The normalized spacial score (nSPS) is 15.7. The van der Waals surface area contributed by atoms with Crippen molar-refractivity contribution >= 4 is 57.2 Å². The van der Waals surface area contributed by atoms with Gasteiger partial charge in [0.05, 0.1) is 41.5 Å². The smallest absolute Gasteiger partial charge is 0.267 e. The molecule has 1 amide bonds. The SMILES string of the molecule is CCOc1c(I)cc(/C=C2/SC(=Nc3ccccc3)N(Cc3ccc(OC)cc3)C2=O)cc1OC. The second kappa shape index (κ2) is 11.6. The van der Waals surface area contributed by atoms with Crippen LogP contribution in [-0.4, -0.2) is 36.8 Å². The lowest BCUT2D eigenvalue weighted by molar-refractivity contribution is -0.122. The first kappa shape index (κ1) is 25.1. The number of carbonyl (C=O) groups excluding carboxylic acids is 1. The summed E-state index contributed by atoms with van der Waals surface area (Å²) in [6.07, 6.45) is 1.88. The first-order valence-electron chi connectivity index (χ1n) is 11.0. The van der Waals surface area contributed by atoms with Gasteiger partial charge in [-0.2, -0.15) is 0 Å². The van der Waals surface area contributed by atoms with Gasteiger partial charge >= 0.3 is 0 Å². The average molecular weight is 600 g/mol. The number of thioether (sulfide) groups is 1. The molecule has 0 bridgehead atoms. The van der Waals surface area contributed by atoms with Gasteiger partial charge in [0, 0.05) is 0 Å². The standard InChI is InChI=1S/C27H25IN2O4S/c1-4-34-25-22(28)14-19(15-23(25)33-3)16-24-26(31)30(17-18-10-12-21(32-2)13-11-18)27(35-24)29-20-8-6-5-7-9-20/h5-16H,4,17H2,1-3H3/b24-16+,29-27?. The molecule has 180 valence electrons. The summed E-state index contributed by atoms with van der Waals surface area (Å²) in [6, 6.07) is 21.2. The van der Waals surface area contributed by atoms with Crippen molar-refractivity contribution in [3.05, 3.63) is 86.3 Å². The van der Waals surface area contributed by atoms with E-state index in [0.29, 0.717) is 34.7 Å². The molecular formula is C27H25IN2O4S. The van der Waals surface area contributed by atoms with E-state index >= 15 is 0 Å². The van der Waals surface area contributed by atoms with Crippen LogP contribution in [0.3, 0.4) is 0 Å². The lowest BCUT2D eigenvalue weighted by atomic mass is 10.1. The Morgan fingerprint density at radius 1 is 1.03 bits per heavy atom. The maximum atomic E-state index is 13.5. The number of ether oxygens (including phenoxy) is 3. The predicted molar refractivity (Wildman–Crippen MR) is 150 cm³/mol. The number of carbonyl (C=O) groups is 1. The first-order valence-corrected chi connectivity index (χ1v) is 12.9. The van der Waals surface area contributed by atoms with E-state index in [1.165, 1.54) is 11.8 Å². The zero-order valence-electron chi connectivity index (χ0n) is 19.7. The number of methoxy groups -OCH3 is 2. The van der Waals surface area contributed by atoms with Gasteiger partial charge in [-0.1, -0.05) is 30.3 Å². The number of hydrogen-bond donors (Lipinski definition) is 0. The minimum absolute atomic E-state index is 0.0941. The molecule has 1 fully saturated rings. The highest BCUT2D eigenvalue weighted by molar-refractivity contribution is 14.1. The van der Waals surface area contributed by atoms with Gasteiger partial charge in [-0.15, -0.1) is 0 Å². The zero-order chi connectivity index (χ0) is 24.8. The number of para-hydroxylation sites is 1. The molecule has 0 unspecified atom stereocenters. The minimum atomic E-state index is -0.0941. The molecule has 0 aliphatic carbocycles. The molecule has 6 nitrogen and oxygen atoms in total. The lowest BCUT2D eigenvalue weighted by Crippen LogP contribution is -2.28. The monoisotopic (exact) mass is 600 g/mol. The number of hydrogen-bond acceptors (Lipinski definition) is 6. The van der Waals surface area contributed by atoms with Crippen molar-refractivity contribution in [3.63, 3.8) is 0 Å². The Balaban J connectivity index is 1.69. The van der Waals surface area contributed by atoms with E-state index in [4.69, 9.17) is 19.2 Å². The van der Waals surface area contributed by atoms with Crippen LogP contribution in [-0.2, 0) is 11.3 Å². The zero-order valence-corrected chi connectivity index (χ0v) is 22.6. The molecule has 0 radical (unpaired) electrons. The maximum Gasteiger partial charge on any atom is 0.267 e. The molecule has 1 aliphatic heterocycles. The number of halogens is 1. The molecule has 35 heavy (non-hydrogen) atoms. The number of aliphatic imine (C=N–C) groups is 1. The number of rotatable bonds is 8. The van der Waals surface area contributed by atoms with Crippen LogP contribution < -0.4 is 14.2 Å². The Kier molecular flexibility index (Phi) is 8.35. The number of amidine groups is 1. The van der Waals surface area contributed by atoms with E-state index in [9.17, 15) is 4.79 Å². The van der Waals surface area contributed by atoms with Crippen LogP contribution in [0.5, 0.6) is 17.2 Å². The summed E-state index contributed by atoms with van der Waals surface area (Å²) >= 11 is 3.59. The summed E-state index contributed by atoms with van der Waals surface area (Å²) in [5, 5.41) is 0.635. The third kappa shape index (κ3) is 5.99. The predicted octanol–water partition coefficient (Wildman–Crippen LogP) is 6.51. The number of amides is 1. The molecule has 1 heterocycles. The molecule has 0 N–H and O–H groups in total. The van der Waals surface area contributed by atoms with Crippen LogP contribution in [0.1, 0.15) is 18.1 Å². The molecule has 0 atom stereocenters. The molecular weight excluding hydrogens is 575 g/mol. The van der Waals surface area contributed by atoms with E-state index in [0.717, 1.165) is 26.1 Å².